The van der Waals surface area contributed by atoms with E-state index in [-0.39, 0.29) is 13.1 Å². The highest BCUT2D eigenvalue weighted by Crippen LogP contribution is 1.93. The van der Waals surface area contributed by atoms with Crippen LogP contribution in [-0.4, -0.2) is 31.3 Å². The van der Waals surface area contributed by atoms with E-state index in [0.29, 0.717) is 0 Å². The predicted molar refractivity (Wildman–Crippen MR) is 39.8 cm³/mol. The number of rotatable bonds is 4. The van der Waals surface area contributed by atoms with Crippen LogP contribution in [0.2, 0.25) is 0 Å². The molecule has 0 aliphatic rings. The van der Waals surface area contributed by atoms with E-state index >= 15 is 0 Å². The predicted octanol–water partition coefficient (Wildman–Crippen LogP) is -1.66. The fourth-order valence-electron chi connectivity index (χ4n) is 0.490. The van der Waals surface area contributed by atoms with Gasteiger partial charge in [-0.2, -0.15) is 0 Å². The van der Waals surface area contributed by atoms with Gasteiger partial charge in [0.1, 0.15) is 0 Å². The van der Waals surface area contributed by atoms with E-state index in [1.165, 1.54) is 6.92 Å². The third kappa shape index (κ3) is 4.64. The number of hydrogen-bond acceptors (Lipinski definition) is 6. The van der Waals surface area contributed by atoms with Crippen molar-refractivity contribution in [2.75, 3.05) is 13.1 Å². The molecule has 0 aromatic rings. The second-order valence-corrected chi connectivity index (χ2v) is 1.96. The Morgan fingerprint density at radius 1 is 1.17 bits per heavy atom. The van der Waals surface area contributed by atoms with Gasteiger partial charge in [0.2, 0.25) is 6.29 Å². The van der Waals surface area contributed by atoms with Gasteiger partial charge in [-0.3, -0.25) is 9.59 Å². The third-order valence-electron chi connectivity index (χ3n) is 0.928. The van der Waals surface area contributed by atoms with Gasteiger partial charge in [0.05, 0.1) is 13.1 Å². The molecule has 4 N–H and O–H groups in total. The molecule has 0 aromatic carbocycles. The van der Waals surface area contributed by atoms with Crippen LogP contribution >= 0.6 is 0 Å². The van der Waals surface area contributed by atoms with Crippen molar-refractivity contribution >= 4 is 11.9 Å². The van der Waals surface area contributed by atoms with Crippen molar-refractivity contribution in [3.8, 4) is 0 Å². The van der Waals surface area contributed by atoms with Crippen molar-refractivity contribution in [2.45, 2.75) is 13.2 Å². The zero-order valence-electron chi connectivity index (χ0n) is 6.78. The standard InChI is InChI=1S/C6H12N2O4/c1-4(11-5(9)2-7)12-6(10)3-8/h4H,2-3,7-8H2,1H3. The SMILES string of the molecule is CC(OC(=O)CN)OC(=O)CN. The Hall–Kier alpha value is -1.14. The van der Waals surface area contributed by atoms with E-state index in [1.807, 2.05) is 0 Å². The van der Waals surface area contributed by atoms with E-state index in [1.54, 1.807) is 0 Å². The zero-order chi connectivity index (χ0) is 9.56. The Kier molecular flexibility index (Phi) is 4.98. The minimum atomic E-state index is -0.933. The second kappa shape index (κ2) is 5.50. The summed E-state index contributed by atoms with van der Waals surface area (Å²) >= 11 is 0. The lowest BCUT2D eigenvalue weighted by molar-refractivity contribution is -0.182. The van der Waals surface area contributed by atoms with Crippen LogP contribution in [0.3, 0.4) is 0 Å². The van der Waals surface area contributed by atoms with Gasteiger partial charge < -0.3 is 20.9 Å². The van der Waals surface area contributed by atoms with Gasteiger partial charge in [-0.1, -0.05) is 0 Å². The zero-order valence-corrected chi connectivity index (χ0v) is 6.78. The van der Waals surface area contributed by atoms with Crippen LogP contribution in [0.25, 0.3) is 0 Å². The summed E-state index contributed by atoms with van der Waals surface area (Å²) in [4.78, 5) is 21.0. The largest absolute Gasteiger partial charge is 0.425 e. The van der Waals surface area contributed by atoms with E-state index in [9.17, 15) is 9.59 Å². The van der Waals surface area contributed by atoms with E-state index in [2.05, 4.69) is 9.47 Å². The molecule has 0 spiro atoms. The molecule has 0 saturated carbocycles. The summed E-state index contributed by atoms with van der Waals surface area (Å²) in [5, 5.41) is 0. The number of hydrogen-bond donors (Lipinski definition) is 2. The molecule has 0 bridgehead atoms. The maximum Gasteiger partial charge on any atom is 0.322 e. The molecule has 0 rings (SSSR count). The molecule has 0 radical (unpaired) electrons. The summed E-state index contributed by atoms with van der Waals surface area (Å²) in [6.07, 6.45) is -0.933. The first-order valence-corrected chi connectivity index (χ1v) is 3.39. The highest BCUT2D eigenvalue weighted by atomic mass is 16.7. The van der Waals surface area contributed by atoms with Crippen molar-refractivity contribution < 1.29 is 19.1 Å². The maximum absolute atomic E-state index is 10.5. The van der Waals surface area contributed by atoms with Crippen molar-refractivity contribution in [1.82, 2.24) is 0 Å². The van der Waals surface area contributed by atoms with Crippen LogP contribution in [0, 0.1) is 0 Å². The van der Waals surface area contributed by atoms with Crippen molar-refractivity contribution in [3.63, 3.8) is 0 Å². The molecule has 6 heteroatoms. The molecular weight excluding hydrogens is 164 g/mol. The molecule has 0 heterocycles. The summed E-state index contributed by atoms with van der Waals surface area (Å²) in [5.41, 5.74) is 9.89. The van der Waals surface area contributed by atoms with Gasteiger partial charge in [-0.15, -0.1) is 0 Å². The Morgan fingerprint density at radius 2 is 1.50 bits per heavy atom. The van der Waals surface area contributed by atoms with Crippen LogP contribution in [-0.2, 0) is 19.1 Å². The Morgan fingerprint density at radius 3 is 1.75 bits per heavy atom. The van der Waals surface area contributed by atoms with E-state index < -0.39 is 18.2 Å². The number of nitrogens with two attached hydrogens (primary N) is 2. The van der Waals surface area contributed by atoms with Crippen LogP contribution in [0.1, 0.15) is 6.92 Å². The lowest BCUT2D eigenvalue weighted by atomic mass is 10.6. The first-order valence-electron chi connectivity index (χ1n) is 3.39. The molecule has 0 aliphatic heterocycles. The lowest BCUT2D eigenvalue weighted by Crippen LogP contribution is -2.28. The normalized spacial score (nSPS) is 9.67. The van der Waals surface area contributed by atoms with Crippen LogP contribution in [0.4, 0.5) is 0 Å². The quantitative estimate of drug-likeness (QED) is 0.392. The Balaban J connectivity index is 3.66. The van der Waals surface area contributed by atoms with Gasteiger partial charge >= 0.3 is 11.9 Å². The summed E-state index contributed by atoms with van der Waals surface area (Å²) in [7, 11) is 0. The molecular formula is C6H12N2O4. The minimum Gasteiger partial charge on any atom is -0.425 e. The number of carbonyl (C=O) groups is 2. The third-order valence-corrected chi connectivity index (χ3v) is 0.928. The topological polar surface area (TPSA) is 105 Å². The van der Waals surface area contributed by atoms with Crippen LogP contribution in [0.5, 0.6) is 0 Å². The van der Waals surface area contributed by atoms with Gasteiger partial charge in [0.25, 0.3) is 0 Å². The molecule has 0 atom stereocenters. The molecule has 12 heavy (non-hydrogen) atoms. The fraction of sp³-hybridized carbons (Fsp3) is 0.667. The van der Waals surface area contributed by atoms with Crippen molar-refractivity contribution in [1.29, 1.82) is 0 Å². The highest BCUT2D eigenvalue weighted by Gasteiger charge is 2.10. The lowest BCUT2D eigenvalue weighted by Gasteiger charge is -2.12. The Bertz CT molecular complexity index is 153. The van der Waals surface area contributed by atoms with Crippen molar-refractivity contribution in [3.05, 3.63) is 0 Å². The first kappa shape index (κ1) is 10.9. The van der Waals surface area contributed by atoms with Gasteiger partial charge in [-0.25, -0.2) is 0 Å². The first-order chi connectivity index (χ1) is 5.60. The monoisotopic (exact) mass is 176 g/mol. The minimum absolute atomic E-state index is 0.246. The second-order valence-electron chi connectivity index (χ2n) is 1.96. The van der Waals surface area contributed by atoms with Gasteiger partial charge in [0.15, 0.2) is 0 Å². The molecule has 0 aromatic heterocycles. The molecule has 0 amide bonds. The van der Waals surface area contributed by atoms with Crippen molar-refractivity contribution in [2.24, 2.45) is 11.5 Å². The molecule has 0 aliphatic carbocycles. The number of carbonyl (C=O) groups excluding carboxylic acids is 2. The average molecular weight is 176 g/mol. The highest BCUT2D eigenvalue weighted by molar-refractivity contribution is 5.73. The summed E-state index contributed by atoms with van der Waals surface area (Å²) < 4.78 is 9.02. The summed E-state index contributed by atoms with van der Waals surface area (Å²) in [6.45, 7) is 0.913. The Labute approximate surface area is 69.8 Å². The molecule has 0 saturated heterocycles. The summed E-state index contributed by atoms with van der Waals surface area (Å²) in [6, 6.07) is 0. The molecule has 70 valence electrons. The number of esters is 2. The van der Waals surface area contributed by atoms with Gasteiger partial charge in [0, 0.05) is 6.92 Å². The van der Waals surface area contributed by atoms with Crippen LogP contribution < -0.4 is 11.5 Å². The van der Waals surface area contributed by atoms with Gasteiger partial charge in [-0.05, 0) is 0 Å². The summed E-state index contributed by atoms with van der Waals surface area (Å²) in [5.74, 6) is -1.26. The molecule has 6 nitrogen and oxygen atoms in total. The van der Waals surface area contributed by atoms with Crippen LogP contribution in [0.15, 0.2) is 0 Å². The van der Waals surface area contributed by atoms with E-state index in [4.69, 9.17) is 11.5 Å². The van der Waals surface area contributed by atoms with E-state index in [0.717, 1.165) is 0 Å². The average Bonchev–Trinajstić information content (AvgIpc) is 2.03. The maximum atomic E-state index is 10.5. The number of ether oxygens (including phenoxy) is 2. The molecule has 0 fully saturated rings. The fourth-order valence-corrected chi connectivity index (χ4v) is 0.490. The smallest absolute Gasteiger partial charge is 0.322 e. The molecule has 0 unspecified atom stereocenters.